The van der Waals surface area contributed by atoms with Gasteiger partial charge in [0.05, 0.1) is 60.7 Å². The SMILES string of the molecule is C=C1CC(OC(=O)c2ccccc2)CCC23CC4OC5C(OC6CCC(CC(=O)CC7C(CC8OC(CCC1OS(C)(=O)=O)CC(C)C8=C)OC(CC(C)CO[Si](C)(C)C(C)(C)C)C7C)OC6C5O2)C4O3. The van der Waals surface area contributed by atoms with Crippen molar-refractivity contribution in [2.24, 2.45) is 23.7 Å². The number of carbonyl (C=O) groups excluding carboxylic acids is 2. The average Bonchev–Trinajstić information content (AvgIpc) is 3.84. The highest BCUT2D eigenvalue weighted by Crippen LogP contribution is 2.54. The van der Waals surface area contributed by atoms with E-state index < -0.39 is 60.7 Å². The first-order valence-electron chi connectivity index (χ1n) is 26.7. The summed E-state index contributed by atoms with van der Waals surface area (Å²) >= 11 is 0. The van der Waals surface area contributed by atoms with Crippen molar-refractivity contribution >= 4 is 30.2 Å². The van der Waals surface area contributed by atoms with Crippen molar-refractivity contribution < 1.29 is 64.5 Å². The first kappa shape index (κ1) is 53.5. The minimum Gasteiger partial charge on any atom is -0.458 e. The molecule has 0 amide bonds. The molecule has 1 spiro atoms. The predicted molar refractivity (Wildman–Crippen MR) is 269 cm³/mol. The number of hydrogen-bond acceptors (Lipinski definition) is 14. The van der Waals surface area contributed by atoms with Gasteiger partial charge in [-0.05, 0) is 110 Å². The van der Waals surface area contributed by atoms with E-state index in [4.69, 9.17) is 46.5 Å². The summed E-state index contributed by atoms with van der Waals surface area (Å²) in [6.07, 6.45) is 1.81. The zero-order valence-electron chi connectivity index (χ0n) is 43.7. The molecule has 0 N–H and O–H groups in total. The molecule has 10 rings (SSSR count). The van der Waals surface area contributed by atoms with Crippen molar-refractivity contribution in [2.75, 3.05) is 12.9 Å². The Kier molecular flexibility index (Phi) is 15.8. The van der Waals surface area contributed by atoms with Crippen molar-refractivity contribution in [3.8, 4) is 0 Å². The van der Waals surface area contributed by atoms with Crippen LogP contribution < -0.4 is 0 Å². The molecular formula is C55H82O14SSi. The maximum atomic E-state index is 14.5. The fourth-order valence-electron chi connectivity index (χ4n) is 12.7. The van der Waals surface area contributed by atoms with E-state index >= 15 is 0 Å². The molecular weight excluding hydrogens is 945 g/mol. The molecule has 19 atom stereocenters. The summed E-state index contributed by atoms with van der Waals surface area (Å²) in [7, 11) is -5.89. The molecule has 396 valence electrons. The lowest BCUT2D eigenvalue weighted by Crippen LogP contribution is -2.61. The van der Waals surface area contributed by atoms with Gasteiger partial charge >= 0.3 is 5.97 Å². The predicted octanol–water partition coefficient (Wildman–Crippen LogP) is 9.20. The molecule has 0 radical (unpaired) electrons. The molecule has 9 heterocycles. The third-order valence-corrected chi connectivity index (χ3v) is 22.9. The van der Waals surface area contributed by atoms with Gasteiger partial charge in [-0.2, -0.15) is 8.42 Å². The zero-order valence-corrected chi connectivity index (χ0v) is 45.5. The molecule has 14 nitrogen and oxygen atoms in total. The van der Waals surface area contributed by atoms with Crippen LogP contribution in [0.25, 0.3) is 0 Å². The first-order valence-corrected chi connectivity index (χ1v) is 31.5. The second-order valence-electron chi connectivity index (χ2n) is 24.3. The van der Waals surface area contributed by atoms with E-state index in [1.807, 2.05) is 6.07 Å². The largest absolute Gasteiger partial charge is 0.458 e. The van der Waals surface area contributed by atoms with Crippen LogP contribution in [0.1, 0.15) is 135 Å². The normalized spacial score (nSPS) is 41.7. The van der Waals surface area contributed by atoms with Crippen LogP contribution in [0.3, 0.4) is 0 Å². The molecule has 9 aliphatic heterocycles. The van der Waals surface area contributed by atoms with Crippen LogP contribution in [0, 0.1) is 23.7 Å². The lowest BCUT2D eigenvalue weighted by atomic mass is 9.78. The molecule has 0 aliphatic carbocycles. The van der Waals surface area contributed by atoms with Gasteiger partial charge < -0.3 is 42.3 Å². The van der Waals surface area contributed by atoms with Gasteiger partial charge in [-0.3, -0.25) is 8.98 Å². The van der Waals surface area contributed by atoms with E-state index in [1.165, 1.54) is 0 Å². The Morgan fingerprint density at radius 1 is 0.831 bits per heavy atom. The summed E-state index contributed by atoms with van der Waals surface area (Å²) in [4.78, 5) is 28.2. The third kappa shape index (κ3) is 11.9. The Bertz CT molecular complexity index is 2220. The number of ketones is 1. The number of rotatable bonds is 9. The van der Waals surface area contributed by atoms with Crippen LogP contribution in [0.15, 0.2) is 54.6 Å². The second kappa shape index (κ2) is 21.0. The molecule has 19 unspecified atom stereocenters. The highest BCUT2D eigenvalue weighted by molar-refractivity contribution is 7.86. The number of ether oxygens (including phenoxy) is 8. The summed E-state index contributed by atoms with van der Waals surface area (Å²) in [6.45, 7) is 27.6. The minimum atomic E-state index is -3.93. The average molecular weight is 1030 g/mol. The highest BCUT2D eigenvalue weighted by Gasteiger charge is 2.69. The van der Waals surface area contributed by atoms with Gasteiger partial charge in [0.2, 0.25) is 0 Å². The van der Waals surface area contributed by atoms with Gasteiger partial charge in [-0.15, -0.1) is 0 Å². The zero-order chi connectivity index (χ0) is 50.8. The molecule has 1 aromatic carbocycles. The number of esters is 1. The standard InChI is InChI=1S/C55H82O14SSi/c1-31(30-60-71(10,11)54(6,7)8)23-44-35(5)41-27-37(56)26-39-18-20-43-48(62-39)52-51-50(65-43)49-47(66-51)29-55(67-49,68-52)22-21-40(63-53(57)36-15-13-12-14-16-36)25-33(3)42(69-70(9,58)59)19-17-38-24-32(2)34(4)45(61-38)28-46(41)64-44/h12-16,31-32,35,38-52H,3-4,17-30H2,1-2,5-11H3. The lowest BCUT2D eigenvalue weighted by molar-refractivity contribution is -0.292. The molecule has 10 bridgehead atoms. The second-order valence-corrected chi connectivity index (χ2v) is 30.7. The monoisotopic (exact) mass is 1030 g/mol. The van der Waals surface area contributed by atoms with E-state index in [-0.39, 0.29) is 102 Å². The van der Waals surface area contributed by atoms with Crippen molar-refractivity contribution in [1.82, 2.24) is 0 Å². The van der Waals surface area contributed by atoms with Gasteiger partial charge in [0, 0.05) is 45.1 Å². The van der Waals surface area contributed by atoms with E-state index in [0.29, 0.717) is 75.5 Å². The van der Waals surface area contributed by atoms with Crippen LogP contribution in [0.4, 0.5) is 0 Å². The molecule has 16 heteroatoms. The topological polar surface area (TPSA) is 161 Å². The van der Waals surface area contributed by atoms with Crippen LogP contribution >= 0.6 is 0 Å². The summed E-state index contributed by atoms with van der Waals surface area (Å²) in [5, 5.41) is 0.103. The Morgan fingerprint density at radius 3 is 2.27 bits per heavy atom. The van der Waals surface area contributed by atoms with Gasteiger partial charge in [-0.1, -0.05) is 72.9 Å². The highest BCUT2D eigenvalue weighted by atomic mass is 32.2. The number of carbonyl (C=O) groups is 2. The number of hydrogen-bond donors (Lipinski definition) is 0. The Labute approximate surface area is 424 Å². The van der Waals surface area contributed by atoms with Crippen molar-refractivity contribution in [3.05, 3.63) is 60.2 Å². The van der Waals surface area contributed by atoms with Crippen LogP contribution in [0.2, 0.25) is 18.1 Å². The third-order valence-electron chi connectivity index (χ3n) is 17.8. The van der Waals surface area contributed by atoms with Crippen LogP contribution in [-0.2, 0) is 61.4 Å². The Balaban J connectivity index is 1.00. The molecule has 71 heavy (non-hydrogen) atoms. The quantitative estimate of drug-likeness (QED) is 0.0997. The maximum Gasteiger partial charge on any atom is 0.338 e. The smallest absolute Gasteiger partial charge is 0.338 e. The molecule has 9 aliphatic rings. The van der Waals surface area contributed by atoms with Gasteiger partial charge in [0.25, 0.3) is 10.1 Å². The summed E-state index contributed by atoms with van der Waals surface area (Å²) in [5.41, 5.74) is 1.88. The van der Waals surface area contributed by atoms with E-state index in [2.05, 4.69) is 67.8 Å². The fraction of sp³-hybridized carbons (Fsp3) is 0.782. The number of benzene rings is 1. The number of fused-ring (bicyclic) bond motifs is 4. The molecule has 9 fully saturated rings. The molecule has 1 aromatic rings. The molecule has 0 aromatic heterocycles. The van der Waals surface area contributed by atoms with Crippen molar-refractivity contribution in [3.63, 3.8) is 0 Å². The Morgan fingerprint density at radius 2 is 1.54 bits per heavy atom. The van der Waals surface area contributed by atoms with Gasteiger partial charge in [-0.25, -0.2) is 4.79 Å². The van der Waals surface area contributed by atoms with Crippen LogP contribution in [-0.4, -0.2) is 133 Å². The molecule has 9 saturated heterocycles. The van der Waals surface area contributed by atoms with E-state index in [1.54, 1.807) is 24.3 Å². The van der Waals surface area contributed by atoms with E-state index in [0.717, 1.165) is 24.7 Å². The minimum absolute atomic E-state index is 0.0533. The maximum absolute atomic E-state index is 14.5. The summed E-state index contributed by atoms with van der Waals surface area (Å²) in [5.74, 6) is -1.02. The fourth-order valence-corrected chi connectivity index (χ4v) is 14.4. The van der Waals surface area contributed by atoms with Gasteiger partial charge in [0.1, 0.15) is 42.4 Å². The Hall–Kier alpha value is -2.35. The first-order chi connectivity index (χ1) is 33.4. The summed E-state index contributed by atoms with van der Waals surface area (Å²) in [6, 6.07) is 8.80. The van der Waals surface area contributed by atoms with E-state index in [9.17, 15) is 18.0 Å². The van der Waals surface area contributed by atoms with Gasteiger partial charge in [0.15, 0.2) is 14.1 Å². The van der Waals surface area contributed by atoms with Crippen molar-refractivity contribution in [1.29, 1.82) is 0 Å². The molecule has 0 saturated carbocycles. The van der Waals surface area contributed by atoms with Crippen molar-refractivity contribution in [2.45, 2.75) is 234 Å². The lowest BCUT2D eigenvalue weighted by Gasteiger charge is -2.47. The number of Topliss-reactive ketones (excluding diaryl/α,β-unsaturated/α-hetero) is 1. The summed E-state index contributed by atoms with van der Waals surface area (Å²) < 4.78 is 92.9. The van der Waals surface area contributed by atoms with Crippen LogP contribution in [0.5, 0.6) is 0 Å².